The van der Waals surface area contributed by atoms with Gasteiger partial charge in [0.25, 0.3) is 5.91 Å². The number of aryl methyl sites for hydroxylation is 2. The van der Waals surface area contributed by atoms with Crippen LogP contribution in [-0.4, -0.2) is 15.7 Å². The molecule has 1 amide bonds. The van der Waals surface area contributed by atoms with Gasteiger partial charge in [-0.3, -0.25) is 9.48 Å². The number of amides is 1. The predicted octanol–water partition coefficient (Wildman–Crippen LogP) is 4.91. The van der Waals surface area contributed by atoms with Crippen molar-refractivity contribution in [3.8, 4) is 10.4 Å². The second-order valence-electron chi connectivity index (χ2n) is 6.07. The Kier molecular flexibility index (Phi) is 4.97. The van der Waals surface area contributed by atoms with Crippen LogP contribution in [0.2, 0.25) is 5.02 Å². The third-order valence-corrected chi connectivity index (χ3v) is 5.69. The maximum absolute atomic E-state index is 12.6. The van der Waals surface area contributed by atoms with Gasteiger partial charge in [-0.15, -0.1) is 11.3 Å². The van der Waals surface area contributed by atoms with Crippen LogP contribution in [0.4, 0.5) is 0 Å². The second-order valence-corrected chi connectivity index (χ2v) is 7.59. The fourth-order valence-corrected chi connectivity index (χ4v) is 4.03. The first-order valence-corrected chi connectivity index (χ1v) is 9.23. The van der Waals surface area contributed by atoms with Crippen molar-refractivity contribution >= 4 is 28.8 Å². The molecule has 1 N–H and O–H groups in total. The summed E-state index contributed by atoms with van der Waals surface area (Å²) >= 11 is 7.40. The highest BCUT2D eigenvalue weighted by atomic mass is 35.5. The first-order chi connectivity index (χ1) is 11.9. The van der Waals surface area contributed by atoms with Gasteiger partial charge in [-0.1, -0.05) is 23.7 Å². The molecule has 25 heavy (non-hydrogen) atoms. The molecule has 2 aromatic heterocycles. The highest BCUT2D eigenvalue weighted by molar-refractivity contribution is 7.17. The molecule has 0 saturated carbocycles. The lowest BCUT2D eigenvalue weighted by Crippen LogP contribution is -2.26. The molecule has 0 spiro atoms. The highest BCUT2D eigenvalue weighted by Crippen LogP contribution is 2.29. The maximum atomic E-state index is 12.6. The lowest BCUT2D eigenvalue weighted by atomic mass is 10.1. The van der Waals surface area contributed by atoms with Crippen molar-refractivity contribution in [2.45, 2.75) is 26.8 Å². The van der Waals surface area contributed by atoms with Crippen molar-refractivity contribution in [3.05, 3.63) is 63.2 Å². The number of carbonyl (C=O) groups excluding carboxylic acids is 1. The van der Waals surface area contributed by atoms with Gasteiger partial charge >= 0.3 is 0 Å². The molecule has 1 atom stereocenters. The van der Waals surface area contributed by atoms with Crippen molar-refractivity contribution in [3.63, 3.8) is 0 Å². The quantitative estimate of drug-likeness (QED) is 0.706. The molecule has 130 valence electrons. The zero-order valence-electron chi connectivity index (χ0n) is 14.6. The fourth-order valence-electron chi connectivity index (χ4n) is 2.99. The minimum atomic E-state index is -0.0951. The van der Waals surface area contributed by atoms with E-state index in [1.165, 1.54) is 11.3 Å². The number of carbonyl (C=O) groups is 1. The molecule has 6 heteroatoms. The van der Waals surface area contributed by atoms with Crippen molar-refractivity contribution in [2.24, 2.45) is 7.05 Å². The molecule has 0 saturated heterocycles. The van der Waals surface area contributed by atoms with Crippen molar-refractivity contribution in [1.29, 1.82) is 0 Å². The molecule has 2 heterocycles. The summed E-state index contributed by atoms with van der Waals surface area (Å²) in [6.45, 7) is 5.97. The molecule has 0 bridgehead atoms. The molecule has 0 aliphatic carbocycles. The Bertz CT molecular complexity index is 911. The van der Waals surface area contributed by atoms with Crippen LogP contribution in [0.25, 0.3) is 10.4 Å². The molecule has 0 aliphatic rings. The monoisotopic (exact) mass is 373 g/mol. The summed E-state index contributed by atoms with van der Waals surface area (Å²) in [5.74, 6) is -0.0691. The Morgan fingerprint density at radius 1 is 1.20 bits per heavy atom. The molecular weight excluding hydrogens is 354 g/mol. The average molecular weight is 374 g/mol. The smallest absolute Gasteiger partial charge is 0.261 e. The van der Waals surface area contributed by atoms with Crippen LogP contribution < -0.4 is 5.32 Å². The minimum Gasteiger partial charge on any atom is -0.345 e. The maximum Gasteiger partial charge on any atom is 0.261 e. The zero-order chi connectivity index (χ0) is 18.1. The summed E-state index contributed by atoms with van der Waals surface area (Å²) in [6.07, 6.45) is 0. The minimum absolute atomic E-state index is 0.0691. The molecule has 4 nitrogen and oxygen atoms in total. The first-order valence-electron chi connectivity index (χ1n) is 8.03. The van der Waals surface area contributed by atoms with E-state index in [-0.39, 0.29) is 11.9 Å². The highest BCUT2D eigenvalue weighted by Gasteiger charge is 2.19. The standard InChI is InChI=1S/C19H20ClN3OS/c1-11(18-12(2)22-23(4)13(18)3)21-19(24)17-10-9-16(25-17)14-5-7-15(20)8-6-14/h5-11H,1-4H3,(H,21,24). The van der Waals surface area contributed by atoms with Gasteiger partial charge in [-0.05, 0) is 50.6 Å². The largest absolute Gasteiger partial charge is 0.345 e. The summed E-state index contributed by atoms with van der Waals surface area (Å²) in [5.41, 5.74) is 4.14. The molecule has 1 unspecified atom stereocenters. The summed E-state index contributed by atoms with van der Waals surface area (Å²) in [6, 6.07) is 11.4. The summed E-state index contributed by atoms with van der Waals surface area (Å²) in [7, 11) is 1.91. The van der Waals surface area contributed by atoms with Gasteiger partial charge in [-0.2, -0.15) is 5.10 Å². The molecule has 3 aromatic rings. The van der Waals surface area contributed by atoms with Gasteiger partial charge in [0.15, 0.2) is 0 Å². The van der Waals surface area contributed by atoms with E-state index in [0.717, 1.165) is 27.4 Å². The Morgan fingerprint density at radius 2 is 1.88 bits per heavy atom. The van der Waals surface area contributed by atoms with Crippen LogP contribution in [0.5, 0.6) is 0 Å². The second kappa shape index (κ2) is 7.02. The number of nitrogens with one attached hydrogen (secondary N) is 1. The normalized spacial score (nSPS) is 12.2. The van der Waals surface area contributed by atoms with Crippen LogP contribution in [0.15, 0.2) is 36.4 Å². The number of halogens is 1. The number of hydrogen-bond acceptors (Lipinski definition) is 3. The topological polar surface area (TPSA) is 46.9 Å². The van der Waals surface area contributed by atoms with Crippen molar-refractivity contribution in [1.82, 2.24) is 15.1 Å². The SMILES string of the molecule is Cc1nn(C)c(C)c1C(C)NC(=O)c1ccc(-c2ccc(Cl)cc2)s1. The summed E-state index contributed by atoms with van der Waals surface area (Å²) in [4.78, 5) is 14.3. The molecular formula is C19H20ClN3OS. The number of nitrogens with zero attached hydrogens (tertiary/aromatic N) is 2. The van der Waals surface area contributed by atoms with E-state index in [4.69, 9.17) is 11.6 Å². The van der Waals surface area contributed by atoms with E-state index in [1.54, 1.807) is 0 Å². The van der Waals surface area contributed by atoms with E-state index < -0.39 is 0 Å². The number of rotatable bonds is 4. The van der Waals surface area contributed by atoms with Crippen molar-refractivity contribution in [2.75, 3.05) is 0 Å². The van der Waals surface area contributed by atoms with Gasteiger partial charge in [0, 0.05) is 28.2 Å². The third-order valence-electron chi connectivity index (χ3n) is 4.30. The fraction of sp³-hybridized carbons (Fsp3) is 0.263. The average Bonchev–Trinajstić information content (AvgIpc) is 3.14. The Balaban J connectivity index is 1.76. The number of hydrogen-bond donors (Lipinski definition) is 1. The summed E-state index contributed by atoms with van der Waals surface area (Å²) in [5, 5.41) is 8.20. The molecule has 3 rings (SSSR count). The Morgan fingerprint density at radius 3 is 2.48 bits per heavy atom. The van der Waals surface area contributed by atoms with Gasteiger partial charge < -0.3 is 5.32 Å². The van der Waals surface area contributed by atoms with Gasteiger partial charge in [0.1, 0.15) is 0 Å². The van der Waals surface area contributed by atoms with Gasteiger partial charge in [-0.25, -0.2) is 0 Å². The van der Waals surface area contributed by atoms with Crippen LogP contribution in [0.1, 0.15) is 39.6 Å². The lowest BCUT2D eigenvalue weighted by molar-refractivity contribution is 0.0944. The summed E-state index contributed by atoms with van der Waals surface area (Å²) < 4.78 is 1.84. The zero-order valence-corrected chi connectivity index (χ0v) is 16.2. The van der Waals surface area contributed by atoms with Crippen LogP contribution in [-0.2, 0) is 7.05 Å². The molecule has 1 aromatic carbocycles. The van der Waals surface area contributed by atoms with Crippen LogP contribution in [0, 0.1) is 13.8 Å². The molecule has 0 aliphatic heterocycles. The van der Waals surface area contributed by atoms with E-state index in [1.807, 2.05) is 68.9 Å². The third kappa shape index (κ3) is 3.62. The van der Waals surface area contributed by atoms with Gasteiger partial charge in [0.05, 0.1) is 16.6 Å². The molecule has 0 radical (unpaired) electrons. The van der Waals surface area contributed by atoms with E-state index in [0.29, 0.717) is 9.90 Å². The van der Waals surface area contributed by atoms with E-state index in [9.17, 15) is 4.79 Å². The van der Waals surface area contributed by atoms with E-state index in [2.05, 4.69) is 10.4 Å². The van der Waals surface area contributed by atoms with Crippen LogP contribution in [0.3, 0.4) is 0 Å². The first kappa shape index (κ1) is 17.7. The predicted molar refractivity (Wildman–Crippen MR) is 103 cm³/mol. The van der Waals surface area contributed by atoms with Crippen LogP contribution >= 0.6 is 22.9 Å². The number of thiophene rings is 1. The van der Waals surface area contributed by atoms with Crippen molar-refractivity contribution < 1.29 is 4.79 Å². The number of benzene rings is 1. The van der Waals surface area contributed by atoms with Gasteiger partial charge in [0.2, 0.25) is 0 Å². The van der Waals surface area contributed by atoms with E-state index >= 15 is 0 Å². The number of aromatic nitrogens is 2. The Labute approximate surface area is 156 Å². The lowest BCUT2D eigenvalue weighted by Gasteiger charge is -2.14. The Hall–Kier alpha value is -2.11. The molecule has 0 fully saturated rings.